The standard InChI is InChI=1S/C41H60O3Si2.C34H44O4Si/c1-30(29-43-45(9,10)40(2,3)4)24-25-35-36-26-31-18-17-23-38(42-8)37(31)27-32(36)28-39(35)44-46(41(5,6)7,33-19-13-11-14-20-33)34-21-15-12-16-22-34;1-34(2,3)39(27-13-7-5-8-14-27,28-15-9-6-10-16-28)38-33-22-25-21-31-24(12-11-17-32(31)37-4)20-30(25)29(33)19-18-26(36)23-35/h11-23,30,32,35-36,39H,24-29H2,1-10H3;5-17,25-26,29-30,33,35-36H,18-23H2,1-4H3/t30-,32+,35-,36+,39-;25-,26+,29+,30-,33+/m10/s1. The molecule has 0 amide bonds. The molecule has 7 nitrogen and oxygen atoms in total. The van der Waals surface area contributed by atoms with Crippen molar-refractivity contribution < 1.29 is 33.0 Å². The van der Waals surface area contributed by atoms with Crippen molar-refractivity contribution >= 4 is 45.7 Å². The van der Waals surface area contributed by atoms with E-state index in [1.807, 2.05) is 7.11 Å². The van der Waals surface area contributed by atoms with Gasteiger partial charge in [-0.1, -0.05) is 215 Å². The molecule has 0 radical (unpaired) electrons. The number of fused-ring (bicyclic) bond motifs is 4. The molecule has 6 aromatic carbocycles. The normalized spacial score (nSPS) is 23.1. The largest absolute Gasteiger partial charge is 0.496 e. The SMILES string of the molecule is COc1cccc2c1C[C@H]1C[C@@H](O[Si](c3ccccc3)(c3ccccc3)C(C)(C)C)[C@H](CC[C@@H](C)CO[Si](C)(C)C(C)(C)C)[C@H]1C2.COc1cccc2c1C[C@H]1C[C@@H](O[Si](c3ccccc3)(c3ccccc3)C(C)(C)C)[C@H](CC[C@@H](O)CO)[C@H]1C2. The Kier molecular flexibility index (Phi) is 20.6. The van der Waals surface area contributed by atoms with Crippen LogP contribution in [0.5, 0.6) is 11.5 Å². The van der Waals surface area contributed by atoms with Gasteiger partial charge in [-0.25, -0.2) is 0 Å². The molecule has 85 heavy (non-hydrogen) atoms. The Morgan fingerprint density at radius 3 is 1.18 bits per heavy atom. The summed E-state index contributed by atoms with van der Waals surface area (Å²) in [6, 6.07) is 57.3. The Bertz CT molecular complexity index is 2980. The highest BCUT2D eigenvalue weighted by Crippen LogP contribution is 2.54. The zero-order valence-electron chi connectivity index (χ0n) is 54.2. The molecule has 0 bridgehead atoms. The summed E-state index contributed by atoms with van der Waals surface area (Å²) in [4.78, 5) is 0. The molecule has 458 valence electrons. The molecule has 2 fully saturated rings. The highest BCUT2D eigenvalue weighted by atomic mass is 28.4. The maximum Gasteiger partial charge on any atom is 0.261 e. The lowest BCUT2D eigenvalue weighted by atomic mass is 9.73. The molecule has 10 heteroatoms. The molecule has 0 spiro atoms. The van der Waals surface area contributed by atoms with Gasteiger partial charge in [-0.2, -0.15) is 0 Å². The number of hydrogen-bond donors (Lipinski definition) is 2. The van der Waals surface area contributed by atoms with Crippen molar-refractivity contribution in [2.75, 3.05) is 27.4 Å². The van der Waals surface area contributed by atoms with Gasteiger partial charge >= 0.3 is 0 Å². The molecular formula is C75H104O7Si3. The summed E-state index contributed by atoms with van der Waals surface area (Å²) < 4.78 is 34.1. The third-order valence-corrected chi connectivity index (χ3v) is 35.8. The van der Waals surface area contributed by atoms with Crippen molar-refractivity contribution in [2.45, 2.75) is 180 Å². The van der Waals surface area contributed by atoms with E-state index in [2.05, 4.69) is 240 Å². The number of aliphatic hydroxyl groups excluding tert-OH is 2. The van der Waals surface area contributed by atoms with Crippen LogP contribution in [0.25, 0.3) is 0 Å². The third kappa shape index (κ3) is 13.7. The first-order valence-electron chi connectivity index (χ1n) is 32.3. The van der Waals surface area contributed by atoms with Crippen molar-refractivity contribution in [1.82, 2.24) is 0 Å². The molecule has 0 aliphatic heterocycles. The van der Waals surface area contributed by atoms with Crippen LogP contribution in [0.2, 0.25) is 28.2 Å². The fraction of sp³-hybridized carbons (Fsp3) is 0.520. The summed E-state index contributed by atoms with van der Waals surface area (Å²) in [6.45, 7) is 29.1. The lowest BCUT2D eigenvalue weighted by molar-refractivity contribution is 0.0653. The van der Waals surface area contributed by atoms with Crippen LogP contribution in [0, 0.1) is 41.4 Å². The van der Waals surface area contributed by atoms with E-state index in [1.54, 1.807) is 7.11 Å². The van der Waals surface area contributed by atoms with Gasteiger partial charge in [0.1, 0.15) is 11.5 Å². The average molecular weight is 1200 g/mol. The first-order valence-corrected chi connectivity index (χ1v) is 39.0. The Labute approximate surface area is 516 Å². The summed E-state index contributed by atoms with van der Waals surface area (Å²) in [7, 11) is -3.59. The second kappa shape index (κ2) is 27.0. The summed E-state index contributed by atoms with van der Waals surface area (Å²) in [6.07, 6.45) is 9.77. The van der Waals surface area contributed by atoms with Gasteiger partial charge in [-0.15, -0.1) is 0 Å². The van der Waals surface area contributed by atoms with E-state index in [4.69, 9.17) is 22.8 Å². The Balaban J connectivity index is 0.000000206. The minimum atomic E-state index is -2.72. The minimum Gasteiger partial charge on any atom is -0.496 e. The number of hydrogen-bond acceptors (Lipinski definition) is 7. The molecule has 2 saturated carbocycles. The fourth-order valence-corrected chi connectivity index (χ4v) is 26.3. The number of rotatable bonds is 20. The summed E-state index contributed by atoms with van der Waals surface area (Å²) in [5.74, 6) is 5.63. The van der Waals surface area contributed by atoms with Crippen molar-refractivity contribution in [2.24, 2.45) is 41.4 Å². The summed E-state index contributed by atoms with van der Waals surface area (Å²) >= 11 is 0. The molecule has 10 atom stereocenters. The van der Waals surface area contributed by atoms with Gasteiger partial charge in [0.05, 0.1) is 26.9 Å². The summed E-state index contributed by atoms with van der Waals surface area (Å²) in [5, 5.41) is 25.4. The van der Waals surface area contributed by atoms with Gasteiger partial charge in [0.2, 0.25) is 0 Å². The maximum absolute atomic E-state index is 10.3. The molecule has 0 saturated heterocycles. The molecule has 0 heterocycles. The van der Waals surface area contributed by atoms with Crippen LogP contribution >= 0.6 is 0 Å². The third-order valence-electron chi connectivity index (χ3n) is 21.1. The second-order valence-corrected chi connectivity index (χ2v) is 42.8. The molecule has 2 N–H and O–H groups in total. The molecule has 4 aliphatic rings. The van der Waals surface area contributed by atoms with Crippen molar-refractivity contribution in [3.8, 4) is 11.5 Å². The molecule has 4 aliphatic carbocycles. The first kappa shape index (κ1) is 64.8. The Morgan fingerprint density at radius 2 is 0.847 bits per heavy atom. The Morgan fingerprint density at radius 1 is 0.482 bits per heavy atom. The van der Waals surface area contributed by atoms with Crippen LogP contribution in [0.15, 0.2) is 158 Å². The van der Waals surface area contributed by atoms with Gasteiger partial charge in [-0.3, -0.25) is 0 Å². The van der Waals surface area contributed by atoms with Crippen LogP contribution in [0.4, 0.5) is 0 Å². The smallest absolute Gasteiger partial charge is 0.261 e. The Hall–Kier alpha value is -4.63. The fourth-order valence-electron chi connectivity index (χ4n) is 15.6. The van der Waals surface area contributed by atoms with Gasteiger partial charge in [-0.05, 0) is 189 Å². The zero-order chi connectivity index (χ0) is 61.0. The molecule has 10 rings (SSSR count). The molecule has 0 aromatic heterocycles. The van der Waals surface area contributed by atoms with E-state index < -0.39 is 31.1 Å². The van der Waals surface area contributed by atoms with E-state index in [1.165, 1.54) is 55.8 Å². The maximum atomic E-state index is 10.3. The zero-order valence-corrected chi connectivity index (χ0v) is 57.2. The quantitative estimate of drug-likeness (QED) is 0.0737. The van der Waals surface area contributed by atoms with Crippen molar-refractivity contribution in [3.05, 3.63) is 180 Å². The van der Waals surface area contributed by atoms with Crippen molar-refractivity contribution in [1.29, 1.82) is 0 Å². The molecule has 6 aromatic rings. The first-order chi connectivity index (χ1) is 40.5. The highest BCUT2D eigenvalue weighted by molar-refractivity contribution is 7.00. The lowest BCUT2D eigenvalue weighted by Gasteiger charge is -2.46. The predicted molar refractivity (Wildman–Crippen MR) is 360 cm³/mol. The number of aliphatic hydroxyl groups is 2. The number of ether oxygens (including phenoxy) is 2. The lowest BCUT2D eigenvalue weighted by Crippen LogP contribution is -2.68. The summed E-state index contributed by atoms with van der Waals surface area (Å²) in [5.41, 5.74) is 5.63. The minimum absolute atomic E-state index is 0.0372. The van der Waals surface area contributed by atoms with Gasteiger partial charge in [0, 0.05) is 18.8 Å². The van der Waals surface area contributed by atoms with E-state index in [0.717, 1.165) is 63.1 Å². The van der Waals surface area contributed by atoms with Gasteiger partial charge in [0.25, 0.3) is 16.6 Å². The van der Waals surface area contributed by atoms with Crippen LogP contribution < -0.4 is 30.2 Å². The van der Waals surface area contributed by atoms with Crippen LogP contribution in [0.3, 0.4) is 0 Å². The monoisotopic (exact) mass is 1200 g/mol. The predicted octanol–water partition coefficient (Wildman–Crippen LogP) is 14.6. The second-order valence-electron chi connectivity index (χ2n) is 29.5. The highest BCUT2D eigenvalue weighted by Gasteiger charge is 2.57. The number of benzene rings is 6. The van der Waals surface area contributed by atoms with E-state index in [0.29, 0.717) is 47.8 Å². The van der Waals surface area contributed by atoms with Crippen molar-refractivity contribution in [3.63, 3.8) is 0 Å². The van der Waals surface area contributed by atoms with Crippen LogP contribution in [-0.4, -0.2) is 80.9 Å². The van der Waals surface area contributed by atoms with Crippen LogP contribution in [-0.2, 0) is 39.0 Å². The van der Waals surface area contributed by atoms with Gasteiger partial charge < -0.3 is 33.0 Å². The van der Waals surface area contributed by atoms with Gasteiger partial charge in [0.15, 0.2) is 8.32 Å². The molecular weight excluding hydrogens is 1100 g/mol. The van der Waals surface area contributed by atoms with Crippen LogP contribution in [0.1, 0.15) is 130 Å². The number of methoxy groups -OCH3 is 2. The topological polar surface area (TPSA) is 86.6 Å². The van der Waals surface area contributed by atoms with E-state index in [9.17, 15) is 10.2 Å². The van der Waals surface area contributed by atoms with E-state index in [-0.39, 0.29) is 33.9 Å². The average Bonchev–Trinajstić information content (AvgIpc) is 2.02. The van der Waals surface area contributed by atoms with E-state index >= 15 is 0 Å². The molecule has 0 unspecified atom stereocenters.